The van der Waals surface area contributed by atoms with Crippen molar-refractivity contribution in [3.05, 3.63) is 29.8 Å². The molecule has 4 nitrogen and oxygen atoms in total. The fraction of sp³-hybridized carbons (Fsp3) is 0.200. The largest absolute Gasteiger partial charge is 0.495 e. The molecular formula is C10H12O4S. The second-order valence-corrected chi connectivity index (χ2v) is 4.28. The first-order valence-corrected chi connectivity index (χ1v) is 5.71. The minimum atomic E-state index is -4.25. The van der Waals surface area contributed by atoms with E-state index in [2.05, 4.69) is 0 Å². The van der Waals surface area contributed by atoms with Gasteiger partial charge in [-0.25, -0.2) is 0 Å². The molecule has 82 valence electrons. The van der Waals surface area contributed by atoms with Crippen molar-refractivity contribution in [2.45, 2.75) is 11.8 Å². The zero-order valence-corrected chi connectivity index (χ0v) is 9.28. The summed E-state index contributed by atoms with van der Waals surface area (Å²) in [5.41, 5.74) is 0.686. The Morgan fingerprint density at radius 1 is 1.40 bits per heavy atom. The molecule has 5 heteroatoms. The monoisotopic (exact) mass is 228 g/mol. The number of allylic oxidation sites excluding steroid dienone is 1. The lowest BCUT2D eigenvalue weighted by Crippen LogP contribution is -2.01. The number of hydrogen-bond donors (Lipinski definition) is 1. The van der Waals surface area contributed by atoms with E-state index in [1.165, 1.54) is 19.2 Å². The molecule has 0 aliphatic carbocycles. The molecule has 0 fully saturated rings. The van der Waals surface area contributed by atoms with Gasteiger partial charge >= 0.3 is 0 Å². The number of rotatable bonds is 3. The first kappa shape index (κ1) is 11.7. The van der Waals surface area contributed by atoms with Gasteiger partial charge in [-0.3, -0.25) is 4.55 Å². The van der Waals surface area contributed by atoms with E-state index in [9.17, 15) is 8.42 Å². The van der Waals surface area contributed by atoms with Crippen LogP contribution in [0, 0.1) is 0 Å². The molecule has 1 rings (SSSR count). The summed E-state index contributed by atoms with van der Waals surface area (Å²) in [5, 5.41) is 0. The van der Waals surface area contributed by atoms with Crippen LogP contribution in [0.1, 0.15) is 12.5 Å². The van der Waals surface area contributed by atoms with Crippen molar-refractivity contribution in [3.8, 4) is 5.75 Å². The van der Waals surface area contributed by atoms with Crippen LogP contribution in [0.4, 0.5) is 0 Å². The maximum Gasteiger partial charge on any atom is 0.298 e. The Labute approximate surface area is 88.9 Å². The Morgan fingerprint density at radius 3 is 2.53 bits per heavy atom. The highest BCUT2D eigenvalue weighted by atomic mass is 32.2. The number of ether oxygens (including phenoxy) is 1. The zero-order chi connectivity index (χ0) is 11.5. The summed E-state index contributed by atoms with van der Waals surface area (Å²) in [6, 6.07) is 4.56. The highest BCUT2D eigenvalue weighted by Crippen LogP contribution is 2.24. The Hall–Kier alpha value is -1.33. The molecule has 1 aromatic carbocycles. The highest BCUT2D eigenvalue weighted by molar-refractivity contribution is 7.86. The van der Waals surface area contributed by atoms with Crippen LogP contribution in [0.15, 0.2) is 29.2 Å². The van der Waals surface area contributed by atoms with Gasteiger partial charge < -0.3 is 4.74 Å². The van der Waals surface area contributed by atoms with Gasteiger partial charge in [0.15, 0.2) is 0 Å². The molecule has 0 amide bonds. The number of methoxy groups -OCH3 is 1. The maximum absolute atomic E-state index is 11.0. The molecule has 0 saturated carbocycles. The predicted octanol–water partition coefficient (Wildman–Crippen LogP) is 1.98. The van der Waals surface area contributed by atoms with E-state index in [4.69, 9.17) is 9.29 Å². The Morgan fingerprint density at radius 2 is 2.07 bits per heavy atom. The van der Waals surface area contributed by atoms with Gasteiger partial charge in [0.2, 0.25) is 0 Å². The Balaban J connectivity index is 3.39. The van der Waals surface area contributed by atoms with E-state index in [0.717, 1.165) is 0 Å². The molecule has 0 aromatic heterocycles. The molecule has 0 unspecified atom stereocenters. The van der Waals surface area contributed by atoms with Crippen molar-refractivity contribution < 1.29 is 17.7 Å². The summed E-state index contributed by atoms with van der Waals surface area (Å²) >= 11 is 0. The predicted molar refractivity (Wildman–Crippen MR) is 57.5 cm³/mol. The standard InChI is InChI=1S/C10H12O4S/c1-3-4-8-5-6-9(14-2)10(7-8)15(11,12)13/h3-7H,1-2H3,(H,11,12,13). The van der Waals surface area contributed by atoms with E-state index in [1.807, 2.05) is 6.92 Å². The van der Waals surface area contributed by atoms with Crippen LogP contribution >= 0.6 is 0 Å². The van der Waals surface area contributed by atoms with E-state index >= 15 is 0 Å². The first-order chi connectivity index (χ1) is 6.99. The molecule has 1 N–H and O–H groups in total. The molecule has 1 aromatic rings. The third-order valence-corrected chi connectivity index (χ3v) is 2.70. The smallest absolute Gasteiger partial charge is 0.298 e. The normalized spacial score (nSPS) is 11.9. The van der Waals surface area contributed by atoms with Gasteiger partial charge in [0, 0.05) is 0 Å². The average Bonchev–Trinajstić information content (AvgIpc) is 2.17. The fourth-order valence-electron chi connectivity index (χ4n) is 1.19. The van der Waals surface area contributed by atoms with Crippen molar-refractivity contribution in [1.82, 2.24) is 0 Å². The maximum atomic E-state index is 11.0. The van der Waals surface area contributed by atoms with Crippen molar-refractivity contribution in [1.29, 1.82) is 0 Å². The Bertz CT molecular complexity index is 474. The molecule has 0 saturated heterocycles. The van der Waals surface area contributed by atoms with Crippen LogP contribution in [-0.4, -0.2) is 20.1 Å². The topological polar surface area (TPSA) is 63.6 Å². The lowest BCUT2D eigenvalue weighted by atomic mass is 10.2. The minimum Gasteiger partial charge on any atom is -0.495 e. The minimum absolute atomic E-state index is 0.130. The summed E-state index contributed by atoms with van der Waals surface area (Å²) in [6.45, 7) is 1.82. The lowest BCUT2D eigenvalue weighted by Gasteiger charge is -2.06. The van der Waals surface area contributed by atoms with E-state index in [-0.39, 0.29) is 10.6 Å². The molecule has 0 spiro atoms. The van der Waals surface area contributed by atoms with Gasteiger partial charge in [-0.05, 0) is 24.6 Å². The average molecular weight is 228 g/mol. The third kappa shape index (κ3) is 2.81. The molecule has 0 bridgehead atoms. The van der Waals surface area contributed by atoms with E-state index < -0.39 is 10.1 Å². The number of hydrogen-bond acceptors (Lipinski definition) is 3. The Kier molecular flexibility index (Phi) is 3.49. The van der Waals surface area contributed by atoms with Crippen LogP contribution in [0.3, 0.4) is 0 Å². The van der Waals surface area contributed by atoms with Crippen molar-refractivity contribution >= 4 is 16.2 Å². The van der Waals surface area contributed by atoms with Crippen LogP contribution in [0.5, 0.6) is 5.75 Å². The zero-order valence-electron chi connectivity index (χ0n) is 8.47. The summed E-state index contributed by atoms with van der Waals surface area (Å²) in [6.07, 6.45) is 3.50. The highest BCUT2D eigenvalue weighted by Gasteiger charge is 2.16. The van der Waals surface area contributed by atoms with Gasteiger partial charge in [-0.1, -0.05) is 18.2 Å². The van der Waals surface area contributed by atoms with Gasteiger partial charge in [0.05, 0.1) is 7.11 Å². The first-order valence-electron chi connectivity index (χ1n) is 4.27. The van der Waals surface area contributed by atoms with Gasteiger partial charge in [0.1, 0.15) is 10.6 Å². The molecule has 0 aliphatic rings. The van der Waals surface area contributed by atoms with Crippen LogP contribution < -0.4 is 4.74 Å². The molecule has 0 atom stereocenters. The molecular weight excluding hydrogens is 216 g/mol. The lowest BCUT2D eigenvalue weighted by molar-refractivity contribution is 0.397. The van der Waals surface area contributed by atoms with Crippen LogP contribution in [0.25, 0.3) is 6.08 Å². The molecule has 15 heavy (non-hydrogen) atoms. The van der Waals surface area contributed by atoms with Crippen molar-refractivity contribution in [2.75, 3.05) is 7.11 Å². The molecule has 0 radical (unpaired) electrons. The van der Waals surface area contributed by atoms with Crippen molar-refractivity contribution in [2.24, 2.45) is 0 Å². The second-order valence-electron chi connectivity index (χ2n) is 2.89. The third-order valence-electron chi connectivity index (χ3n) is 1.82. The van der Waals surface area contributed by atoms with Crippen LogP contribution in [-0.2, 0) is 10.1 Å². The number of benzene rings is 1. The summed E-state index contributed by atoms with van der Waals surface area (Å²) < 4.78 is 35.8. The quantitative estimate of drug-likeness (QED) is 0.803. The van der Waals surface area contributed by atoms with Crippen molar-refractivity contribution in [3.63, 3.8) is 0 Å². The summed E-state index contributed by atoms with van der Waals surface area (Å²) in [7, 11) is -2.90. The molecule has 0 aliphatic heterocycles. The van der Waals surface area contributed by atoms with Crippen LogP contribution in [0.2, 0.25) is 0 Å². The van der Waals surface area contributed by atoms with E-state index in [1.54, 1.807) is 18.2 Å². The second kappa shape index (κ2) is 4.46. The summed E-state index contributed by atoms with van der Waals surface area (Å²) in [5.74, 6) is 0.130. The summed E-state index contributed by atoms with van der Waals surface area (Å²) in [4.78, 5) is -0.222. The fourth-order valence-corrected chi connectivity index (χ4v) is 1.88. The van der Waals surface area contributed by atoms with Gasteiger partial charge in [-0.2, -0.15) is 8.42 Å². The van der Waals surface area contributed by atoms with Gasteiger partial charge in [-0.15, -0.1) is 0 Å². The SMILES string of the molecule is CC=Cc1ccc(OC)c(S(=O)(=O)O)c1. The molecule has 0 heterocycles. The van der Waals surface area contributed by atoms with E-state index in [0.29, 0.717) is 5.56 Å². The van der Waals surface area contributed by atoms with Gasteiger partial charge in [0.25, 0.3) is 10.1 Å².